The molecule has 0 radical (unpaired) electrons. The molecule has 1 aromatic rings. The van der Waals surface area contributed by atoms with Gasteiger partial charge in [0.05, 0.1) is 16.9 Å². The average molecular weight is 347 g/mol. The Morgan fingerprint density at radius 2 is 2.00 bits per heavy atom. The van der Waals surface area contributed by atoms with E-state index in [0.29, 0.717) is 36.6 Å². The number of benzene rings is 1. The summed E-state index contributed by atoms with van der Waals surface area (Å²) in [5, 5.41) is 12.7. The van der Waals surface area contributed by atoms with Crippen molar-refractivity contribution in [3.05, 3.63) is 23.8 Å². The number of para-hydroxylation sites is 1. The number of nitrogens with zero attached hydrogens (tertiary/aromatic N) is 2. The number of ether oxygens (including phenoxy) is 1. The number of β-amino-alcohol motifs (C(OH)–C–C–N with tert-alkyl or cyclic N) is 1. The topological polar surface area (TPSA) is 82.1 Å². The van der Waals surface area contributed by atoms with Gasteiger partial charge >= 0.3 is 0 Å². The Hall–Kier alpha value is -2.12. The summed E-state index contributed by atoms with van der Waals surface area (Å²) in [5.74, 6) is 0.138. The van der Waals surface area contributed by atoms with Crippen molar-refractivity contribution in [2.75, 3.05) is 38.0 Å². The van der Waals surface area contributed by atoms with Crippen molar-refractivity contribution in [2.24, 2.45) is 0 Å². The van der Waals surface area contributed by atoms with Crippen LogP contribution in [-0.4, -0.2) is 71.1 Å². The van der Waals surface area contributed by atoms with Crippen molar-refractivity contribution >= 4 is 17.5 Å². The van der Waals surface area contributed by atoms with Gasteiger partial charge in [-0.25, -0.2) is 0 Å². The first-order valence-corrected chi connectivity index (χ1v) is 8.59. The van der Waals surface area contributed by atoms with Crippen LogP contribution in [0.2, 0.25) is 0 Å². The molecule has 0 aromatic heterocycles. The molecule has 0 spiro atoms. The molecule has 136 valence electrons. The van der Waals surface area contributed by atoms with Crippen LogP contribution in [0.5, 0.6) is 5.75 Å². The maximum Gasteiger partial charge on any atom is 0.265 e. The van der Waals surface area contributed by atoms with Crippen molar-refractivity contribution in [3.8, 4) is 5.75 Å². The van der Waals surface area contributed by atoms with Crippen LogP contribution in [0.3, 0.4) is 0 Å². The van der Waals surface area contributed by atoms with Gasteiger partial charge in [0.2, 0.25) is 0 Å². The Balaban J connectivity index is 1.71. The molecule has 1 saturated heterocycles. The lowest BCUT2D eigenvalue weighted by atomic mass is 10.1. The first-order valence-electron chi connectivity index (χ1n) is 8.59. The Labute approximate surface area is 147 Å². The minimum atomic E-state index is -0.743. The van der Waals surface area contributed by atoms with Gasteiger partial charge in [-0.3, -0.25) is 14.5 Å². The molecule has 7 nitrogen and oxygen atoms in total. The molecule has 0 saturated carbocycles. The van der Waals surface area contributed by atoms with E-state index in [1.165, 1.54) is 0 Å². The van der Waals surface area contributed by atoms with E-state index in [1.807, 2.05) is 0 Å². The summed E-state index contributed by atoms with van der Waals surface area (Å²) in [7, 11) is 0. The molecule has 1 fully saturated rings. The fourth-order valence-electron chi connectivity index (χ4n) is 3.22. The fourth-order valence-corrected chi connectivity index (χ4v) is 3.22. The van der Waals surface area contributed by atoms with Crippen LogP contribution in [0.1, 0.15) is 31.1 Å². The Morgan fingerprint density at radius 3 is 2.64 bits per heavy atom. The van der Waals surface area contributed by atoms with Crippen molar-refractivity contribution in [1.82, 2.24) is 9.80 Å². The van der Waals surface area contributed by atoms with Gasteiger partial charge in [0.1, 0.15) is 0 Å². The molecule has 2 heterocycles. The molecule has 25 heavy (non-hydrogen) atoms. The molecule has 0 bridgehead atoms. The third-order valence-corrected chi connectivity index (χ3v) is 4.44. The number of nitrogens with one attached hydrogen (secondary N) is 1. The van der Waals surface area contributed by atoms with Crippen molar-refractivity contribution in [3.63, 3.8) is 0 Å². The Kier molecular flexibility index (Phi) is 4.71. The number of hydrogen-bond donors (Lipinski definition) is 2. The summed E-state index contributed by atoms with van der Waals surface area (Å²) >= 11 is 0. The van der Waals surface area contributed by atoms with Crippen LogP contribution < -0.4 is 10.1 Å². The third kappa shape index (κ3) is 3.93. The second-order valence-electron chi connectivity index (χ2n) is 7.31. The van der Waals surface area contributed by atoms with Crippen molar-refractivity contribution < 1.29 is 19.4 Å². The Bertz CT molecular complexity index is 675. The lowest BCUT2D eigenvalue weighted by Gasteiger charge is -2.37. The number of rotatable bonds is 3. The van der Waals surface area contributed by atoms with Crippen LogP contribution in [0.25, 0.3) is 0 Å². The summed E-state index contributed by atoms with van der Waals surface area (Å²) in [4.78, 5) is 28.6. The molecule has 2 amide bonds. The van der Waals surface area contributed by atoms with Gasteiger partial charge in [0.25, 0.3) is 11.8 Å². The number of carbonyl (C=O) groups excluding carboxylic acids is 2. The molecule has 0 aliphatic carbocycles. The van der Waals surface area contributed by atoms with Crippen LogP contribution >= 0.6 is 0 Å². The van der Waals surface area contributed by atoms with Gasteiger partial charge < -0.3 is 20.1 Å². The quantitative estimate of drug-likeness (QED) is 0.850. The van der Waals surface area contributed by atoms with Gasteiger partial charge in [-0.2, -0.15) is 0 Å². The highest BCUT2D eigenvalue weighted by Crippen LogP contribution is 2.34. The third-order valence-electron chi connectivity index (χ3n) is 4.44. The zero-order chi connectivity index (χ0) is 18.2. The molecular weight excluding hydrogens is 322 g/mol. The minimum Gasteiger partial charge on any atom is -0.478 e. The molecular formula is C18H25N3O4. The second kappa shape index (κ2) is 6.65. The molecule has 2 aliphatic heterocycles. The lowest BCUT2D eigenvalue weighted by Crippen LogP contribution is -2.52. The van der Waals surface area contributed by atoms with E-state index in [-0.39, 0.29) is 11.8 Å². The molecule has 2 N–H and O–H groups in total. The van der Waals surface area contributed by atoms with Crippen molar-refractivity contribution in [1.29, 1.82) is 0 Å². The predicted octanol–water partition coefficient (Wildman–Crippen LogP) is 0.935. The molecule has 1 aromatic carbocycles. The summed E-state index contributed by atoms with van der Waals surface area (Å²) in [6, 6.07) is 5.21. The molecule has 7 heteroatoms. The molecule has 1 atom stereocenters. The van der Waals surface area contributed by atoms with E-state index in [9.17, 15) is 14.7 Å². The fraction of sp³-hybridized carbons (Fsp3) is 0.556. The first kappa shape index (κ1) is 17.7. The zero-order valence-electron chi connectivity index (χ0n) is 14.9. The smallest absolute Gasteiger partial charge is 0.265 e. The van der Waals surface area contributed by atoms with Crippen LogP contribution in [0, 0.1) is 0 Å². The number of fused-ring (bicyclic) bond motifs is 1. The Morgan fingerprint density at radius 1 is 1.32 bits per heavy atom. The summed E-state index contributed by atoms with van der Waals surface area (Å²) in [6.07, 6.45) is -0.620. The largest absolute Gasteiger partial charge is 0.478 e. The van der Waals surface area contributed by atoms with E-state index in [2.05, 4.69) is 10.2 Å². The highest BCUT2D eigenvalue weighted by atomic mass is 16.5. The van der Waals surface area contributed by atoms with Gasteiger partial charge in [0.15, 0.2) is 11.9 Å². The van der Waals surface area contributed by atoms with Gasteiger partial charge in [-0.1, -0.05) is 6.07 Å². The normalized spacial score (nSPS) is 21.4. The first-order chi connectivity index (χ1) is 11.7. The van der Waals surface area contributed by atoms with Gasteiger partial charge in [0, 0.05) is 32.7 Å². The minimum absolute atomic E-state index is 0.0943. The van der Waals surface area contributed by atoms with Gasteiger partial charge in [-0.05, 0) is 32.9 Å². The van der Waals surface area contributed by atoms with E-state index >= 15 is 0 Å². The highest BCUT2D eigenvalue weighted by Gasteiger charge is 2.31. The zero-order valence-corrected chi connectivity index (χ0v) is 14.9. The standard InChI is InChI=1S/C18H25N3O4/c1-12-16(22)19-14-6-4-5-13(15(14)25-12)17(23)21-9-7-20(8-10-21)11-18(2,3)24/h4-6,12,24H,7-11H2,1-3H3,(H,19,22)/t12-/m0/s1. The predicted molar refractivity (Wildman–Crippen MR) is 93.8 cm³/mol. The molecule has 3 rings (SSSR count). The average Bonchev–Trinajstić information content (AvgIpc) is 2.54. The van der Waals surface area contributed by atoms with Crippen LogP contribution in [0.15, 0.2) is 18.2 Å². The lowest BCUT2D eigenvalue weighted by molar-refractivity contribution is -0.122. The monoisotopic (exact) mass is 347 g/mol. The number of carbonyl (C=O) groups is 2. The van der Waals surface area contributed by atoms with Crippen LogP contribution in [-0.2, 0) is 4.79 Å². The molecule has 0 unspecified atom stereocenters. The van der Waals surface area contributed by atoms with E-state index in [1.54, 1.807) is 43.9 Å². The number of hydrogen-bond acceptors (Lipinski definition) is 5. The second-order valence-corrected chi connectivity index (χ2v) is 7.31. The maximum absolute atomic E-state index is 12.9. The number of piperazine rings is 1. The van der Waals surface area contributed by atoms with Crippen LogP contribution in [0.4, 0.5) is 5.69 Å². The highest BCUT2D eigenvalue weighted by molar-refractivity contribution is 6.04. The summed E-state index contributed by atoms with van der Waals surface area (Å²) < 4.78 is 5.67. The SMILES string of the molecule is C[C@@H]1Oc2c(cccc2C(=O)N2CCN(CC(C)(C)O)CC2)NC1=O. The van der Waals surface area contributed by atoms with Gasteiger partial charge in [-0.15, -0.1) is 0 Å². The maximum atomic E-state index is 12.9. The van der Waals surface area contributed by atoms with E-state index in [0.717, 1.165) is 13.1 Å². The van der Waals surface area contributed by atoms with E-state index < -0.39 is 11.7 Å². The van der Waals surface area contributed by atoms with E-state index in [4.69, 9.17) is 4.74 Å². The number of aliphatic hydroxyl groups is 1. The molecule has 2 aliphatic rings. The van der Waals surface area contributed by atoms with Crippen molar-refractivity contribution in [2.45, 2.75) is 32.5 Å². The number of anilines is 1. The summed E-state index contributed by atoms with van der Waals surface area (Å²) in [5.41, 5.74) is 0.266. The number of amides is 2. The summed E-state index contributed by atoms with van der Waals surface area (Å²) in [6.45, 7) is 8.46.